The van der Waals surface area contributed by atoms with Crippen molar-refractivity contribution in [2.75, 3.05) is 6.54 Å². The molecule has 0 fully saturated rings. The number of hydrogen-bond donors (Lipinski definition) is 4. The monoisotopic (exact) mass is 497 g/mol. The van der Waals surface area contributed by atoms with Gasteiger partial charge in [-0.1, -0.05) is 53.4 Å². The molecule has 0 heterocycles. The van der Waals surface area contributed by atoms with Crippen LogP contribution in [0.3, 0.4) is 0 Å². The van der Waals surface area contributed by atoms with Gasteiger partial charge in [-0.3, -0.25) is 14.4 Å². The van der Waals surface area contributed by atoms with Crippen LogP contribution >= 0.6 is 0 Å². The lowest BCUT2D eigenvalue weighted by Crippen LogP contribution is -2.50. The maximum Gasteiger partial charge on any atom is 0.326 e. The molecule has 8 heteroatoms. The van der Waals surface area contributed by atoms with Gasteiger partial charge >= 0.3 is 5.97 Å². The molecule has 0 aromatic carbocycles. The van der Waals surface area contributed by atoms with Crippen LogP contribution in [0.4, 0.5) is 0 Å². The SMILES string of the molecule is CCCCCCCC(=O)N[C@@H](CCC(=O)NCCCC[C@H](NC(C)(C)C)C(=O)C(C)(C)C)C(=O)O. The Labute approximate surface area is 212 Å². The maximum atomic E-state index is 12.8. The van der Waals surface area contributed by atoms with Gasteiger partial charge in [0.25, 0.3) is 0 Å². The molecule has 0 radical (unpaired) electrons. The molecule has 0 saturated heterocycles. The molecular weight excluding hydrogens is 446 g/mol. The lowest BCUT2D eigenvalue weighted by atomic mass is 9.84. The summed E-state index contributed by atoms with van der Waals surface area (Å²) in [6, 6.07) is -1.30. The van der Waals surface area contributed by atoms with Crippen molar-refractivity contribution in [2.45, 2.75) is 137 Å². The average molecular weight is 498 g/mol. The number of Topliss-reactive ketones (excluding diaryl/α,β-unsaturated/α-hetero) is 1. The minimum Gasteiger partial charge on any atom is -0.480 e. The van der Waals surface area contributed by atoms with Crippen LogP contribution in [0.25, 0.3) is 0 Å². The Morgan fingerprint density at radius 1 is 0.743 bits per heavy atom. The molecule has 0 rings (SSSR count). The number of amides is 2. The molecule has 0 aliphatic carbocycles. The Balaban J connectivity index is 4.35. The van der Waals surface area contributed by atoms with E-state index in [0.717, 1.165) is 44.9 Å². The topological polar surface area (TPSA) is 125 Å². The zero-order valence-electron chi connectivity index (χ0n) is 23.2. The van der Waals surface area contributed by atoms with Gasteiger partial charge in [-0.15, -0.1) is 0 Å². The van der Waals surface area contributed by atoms with Gasteiger partial charge in [-0.25, -0.2) is 4.79 Å². The Morgan fingerprint density at radius 3 is 1.91 bits per heavy atom. The van der Waals surface area contributed by atoms with Crippen molar-refractivity contribution < 1.29 is 24.3 Å². The van der Waals surface area contributed by atoms with Crippen LogP contribution in [0.2, 0.25) is 0 Å². The summed E-state index contributed by atoms with van der Waals surface area (Å²) in [6.07, 6.45) is 7.63. The lowest BCUT2D eigenvalue weighted by Gasteiger charge is -2.31. The van der Waals surface area contributed by atoms with E-state index in [1.54, 1.807) is 0 Å². The summed E-state index contributed by atoms with van der Waals surface area (Å²) in [5.74, 6) is -1.46. The Hall–Kier alpha value is -1.96. The second-order valence-corrected chi connectivity index (χ2v) is 11.6. The first-order valence-corrected chi connectivity index (χ1v) is 13.3. The van der Waals surface area contributed by atoms with E-state index in [2.05, 4.69) is 22.9 Å². The number of hydrogen-bond acceptors (Lipinski definition) is 5. The Morgan fingerprint density at radius 2 is 1.37 bits per heavy atom. The molecule has 4 N–H and O–H groups in total. The van der Waals surface area contributed by atoms with Crippen LogP contribution in [-0.2, 0) is 19.2 Å². The van der Waals surface area contributed by atoms with E-state index in [1.165, 1.54) is 0 Å². The van der Waals surface area contributed by atoms with Gasteiger partial charge in [0, 0.05) is 30.3 Å². The smallest absolute Gasteiger partial charge is 0.326 e. The Bertz CT molecular complexity index is 665. The third kappa shape index (κ3) is 17.2. The van der Waals surface area contributed by atoms with Gasteiger partial charge in [-0.2, -0.15) is 0 Å². The molecular formula is C27H51N3O5. The van der Waals surface area contributed by atoms with E-state index in [0.29, 0.717) is 19.4 Å². The van der Waals surface area contributed by atoms with Gasteiger partial charge < -0.3 is 21.1 Å². The summed E-state index contributed by atoms with van der Waals surface area (Å²) < 4.78 is 0. The van der Waals surface area contributed by atoms with Gasteiger partial charge in [0.05, 0.1) is 6.04 Å². The van der Waals surface area contributed by atoms with E-state index in [-0.39, 0.29) is 42.0 Å². The molecule has 2 atom stereocenters. The molecule has 0 unspecified atom stereocenters. The summed E-state index contributed by atoms with van der Waals surface area (Å²) in [5.41, 5.74) is -0.604. The number of rotatable bonds is 18. The van der Waals surface area contributed by atoms with Crippen molar-refractivity contribution in [3.05, 3.63) is 0 Å². The highest BCUT2D eigenvalue weighted by Gasteiger charge is 2.31. The zero-order valence-corrected chi connectivity index (χ0v) is 23.2. The summed E-state index contributed by atoms with van der Waals surface area (Å²) in [6.45, 7) is 14.5. The molecule has 0 aromatic heterocycles. The average Bonchev–Trinajstić information content (AvgIpc) is 2.73. The quantitative estimate of drug-likeness (QED) is 0.209. The molecule has 35 heavy (non-hydrogen) atoms. The van der Waals surface area contributed by atoms with E-state index in [1.807, 2.05) is 41.5 Å². The van der Waals surface area contributed by atoms with Gasteiger partial charge in [0.15, 0.2) is 5.78 Å². The van der Waals surface area contributed by atoms with Crippen molar-refractivity contribution >= 4 is 23.6 Å². The van der Waals surface area contributed by atoms with E-state index in [4.69, 9.17) is 0 Å². The van der Waals surface area contributed by atoms with Crippen LogP contribution in [0.1, 0.15) is 119 Å². The van der Waals surface area contributed by atoms with Crippen molar-refractivity contribution in [2.24, 2.45) is 5.41 Å². The van der Waals surface area contributed by atoms with Crippen molar-refractivity contribution in [1.29, 1.82) is 0 Å². The number of unbranched alkanes of at least 4 members (excludes halogenated alkanes) is 5. The minimum absolute atomic E-state index is 0.0322. The molecule has 2 amide bonds. The minimum atomic E-state index is -1.13. The molecule has 8 nitrogen and oxygen atoms in total. The number of ketones is 1. The summed E-state index contributed by atoms with van der Waals surface area (Å²) >= 11 is 0. The van der Waals surface area contributed by atoms with Crippen LogP contribution in [0.15, 0.2) is 0 Å². The van der Waals surface area contributed by atoms with Gasteiger partial charge in [-0.05, 0) is 52.9 Å². The summed E-state index contributed by atoms with van der Waals surface area (Å²) in [4.78, 5) is 48.5. The third-order valence-electron chi connectivity index (χ3n) is 5.71. The summed E-state index contributed by atoms with van der Waals surface area (Å²) in [5, 5.41) is 18.1. The number of carboxylic acid groups (broad SMARTS) is 1. The Kier molecular flexibility index (Phi) is 15.7. The number of carboxylic acids is 1. The fourth-order valence-corrected chi connectivity index (χ4v) is 3.79. The second-order valence-electron chi connectivity index (χ2n) is 11.6. The van der Waals surface area contributed by atoms with E-state index < -0.39 is 17.4 Å². The molecule has 204 valence electrons. The van der Waals surface area contributed by atoms with Crippen LogP contribution in [-0.4, -0.2) is 52.8 Å². The fraction of sp³-hybridized carbons (Fsp3) is 0.852. The first-order chi connectivity index (χ1) is 16.2. The molecule has 0 aromatic rings. The van der Waals surface area contributed by atoms with E-state index >= 15 is 0 Å². The predicted octanol–water partition coefficient (Wildman–Crippen LogP) is 4.35. The zero-order chi connectivity index (χ0) is 27.1. The molecule has 0 spiro atoms. The highest BCUT2D eigenvalue weighted by Crippen LogP contribution is 2.21. The van der Waals surface area contributed by atoms with Crippen molar-refractivity contribution in [3.63, 3.8) is 0 Å². The highest BCUT2D eigenvalue weighted by molar-refractivity contribution is 5.88. The maximum absolute atomic E-state index is 12.8. The highest BCUT2D eigenvalue weighted by atomic mass is 16.4. The number of carbonyl (C=O) groups is 4. The molecule has 0 aliphatic heterocycles. The second kappa shape index (κ2) is 16.7. The number of carbonyl (C=O) groups excluding carboxylic acids is 3. The number of nitrogens with one attached hydrogen (secondary N) is 3. The van der Waals surface area contributed by atoms with E-state index in [9.17, 15) is 24.3 Å². The van der Waals surface area contributed by atoms with Gasteiger partial charge in [0.2, 0.25) is 11.8 Å². The fourth-order valence-electron chi connectivity index (χ4n) is 3.79. The largest absolute Gasteiger partial charge is 0.480 e. The standard InChI is InChI=1S/C27H51N3O5/c1-8-9-10-11-12-16-23(32)29-21(25(34)35)17-18-22(31)28-19-14-13-15-20(30-27(5,6)7)24(33)26(2,3)4/h20-21,30H,8-19H2,1-7H3,(H,28,31)(H,29,32)(H,34,35)/t20-,21-/m0/s1. The van der Waals surface area contributed by atoms with Gasteiger partial charge in [0.1, 0.15) is 6.04 Å². The molecule has 0 aliphatic rings. The lowest BCUT2D eigenvalue weighted by molar-refractivity contribution is -0.142. The first kappa shape index (κ1) is 33.0. The molecule has 0 saturated carbocycles. The third-order valence-corrected chi connectivity index (χ3v) is 5.71. The normalized spacial score (nSPS) is 13.7. The first-order valence-electron chi connectivity index (χ1n) is 13.3. The van der Waals surface area contributed by atoms with Crippen LogP contribution in [0.5, 0.6) is 0 Å². The van der Waals surface area contributed by atoms with Crippen LogP contribution < -0.4 is 16.0 Å². The summed E-state index contributed by atoms with van der Waals surface area (Å²) in [7, 11) is 0. The van der Waals surface area contributed by atoms with Crippen LogP contribution in [0, 0.1) is 5.41 Å². The number of aliphatic carboxylic acids is 1. The predicted molar refractivity (Wildman–Crippen MR) is 140 cm³/mol. The van der Waals surface area contributed by atoms with Crippen molar-refractivity contribution in [3.8, 4) is 0 Å². The van der Waals surface area contributed by atoms with Crippen molar-refractivity contribution in [1.82, 2.24) is 16.0 Å². The molecule has 0 bridgehead atoms.